The Bertz CT molecular complexity index is 362. The summed E-state index contributed by atoms with van der Waals surface area (Å²) in [5, 5.41) is 12.4. The van der Waals surface area contributed by atoms with Gasteiger partial charge in [0.1, 0.15) is 0 Å². The summed E-state index contributed by atoms with van der Waals surface area (Å²) in [6.45, 7) is 5.38. The van der Waals surface area contributed by atoms with Gasteiger partial charge >= 0.3 is 0 Å². The fourth-order valence-corrected chi connectivity index (χ4v) is 1.23. The molecule has 2 rings (SSSR count). The van der Waals surface area contributed by atoms with E-state index in [-0.39, 0.29) is 5.78 Å². The van der Waals surface area contributed by atoms with Gasteiger partial charge in [-0.3, -0.25) is 10.2 Å². The van der Waals surface area contributed by atoms with E-state index < -0.39 is 0 Å². The molecule has 0 aromatic heterocycles. The summed E-state index contributed by atoms with van der Waals surface area (Å²) in [5.74, 6) is 0.579. The Morgan fingerprint density at radius 2 is 1.69 bits per heavy atom. The molecular formula is C12H17N3O. The number of benzene rings is 1. The lowest BCUT2D eigenvalue weighted by molar-refractivity contribution is 0.101. The zero-order valence-corrected chi connectivity index (χ0v) is 9.63. The quantitative estimate of drug-likeness (QED) is 0.624. The Hall–Kier alpha value is -1.84. The molecule has 1 heterocycles. The number of nitrogens with one attached hydrogen (secondary N) is 3. The normalized spacial score (nSPS) is 13.2. The van der Waals surface area contributed by atoms with Crippen LogP contribution in [0.3, 0.4) is 0 Å². The number of aryl methyl sites for hydroxylation is 1. The van der Waals surface area contributed by atoms with Crippen molar-refractivity contribution in [3.05, 3.63) is 35.4 Å². The second kappa shape index (κ2) is 5.90. The van der Waals surface area contributed by atoms with Crippen LogP contribution in [0.1, 0.15) is 22.8 Å². The third-order valence-corrected chi connectivity index (χ3v) is 2.19. The van der Waals surface area contributed by atoms with Gasteiger partial charge in [0, 0.05) is 18.7 Å². The molecule has 0 saturated carbocycles. The lowest BCUT2D eigenvalue weighted by atomic mass is 10.1. The van der Waals surface area contributed by atoms with E-state index in [0.29, 0.717) is 5.96 Å². The van der Waals surface area contributed by atoms with Gasteiger partial charge < -0.3 is 10.6 Å². The van der Waals surface area contributed by atoms with Gasteiger partial charge in [-0.15, -0.1) is 0 Å². The van der Waals surface area contributed by atoms with Crippen LogP contribution in [-0.2, 0) is 0 Å². The molecule has 1 aromatic rings. The zero-order chi connectivity index (χ0) is 12.0. The van der Waals surface area contributed by atoms with Crippen LogP contribution < -0.4 is 10.6 Å². The van der Waals surface area contributed by atoms with E-state index in [1.165, 1.54) is 5.56 Å². The molecule has 1 aliphatic heterocycles. The highest BCUT2D eigenvalue weighted by molar-refractivity contribution is 5.93. The molecule has 0 bridgehead atoms. The fourth-order valence-electron chi connectivity index (χ4n) is 1.23. The third kappa shape index (κ3) is 4.13. The topological polar surface area (TPSA) is 65.0 Å². The summed E-state index contributed by atoms with van der Waals surface area (Å²) in [6, 6.07) is 7.57. The highest BCUT2D eigenvalue weighted by Gasteiger charge is 1.98. The molecule has 0 aliphatic carbocycles. The standard InChI is InChI=1S/C9H10O.C3H7N3/c1-7-3-5-9(6-4-7)8(2)10;4-3-5-1-2-6-3/h3-6H,1-2H3;1-2H2,(H3,4,5,6). The zero-order valence-electron chi connectivity index (χ0n) is 9.63. The number of carbonyl (C=O) groups excluding carboxylic acids is 1. The highest BCUT2D eigenvalue weighted by atomic mass is 16.1. The smallest absolute Gasteiger partial charge is 0.188 e. The second-order valence-corrected chi connectivity index (χ2v) is 3.65. The summed E-state index contributed by atoms with van der Waals surface area (Å²) < 4.78 is 0. The third-order valence-electron chi connectivity index (χ3n) is 2.19. The van der Waals surface area contributed by atoms with Crippen molar-refractivity contribution in [3.63, 3.8) is 0 Å². The van der Waals surface area contributed by atoms with Gasteiger partial charge in [-0.25, -0.2) is 0 Å². The van der Waals surface area contributed by atoms with E-state index in [1.54, 1.807) is 6.92 Å². The monoisotopic (exact) mass is 219 g/mol. The van der Waals surface area contributed by atoms with Crippen LogP contribution in [0.2, 0.25) is 0 Å². The van der Waals surface area contributed by atoms with Crippen molar-refractivity contribution >= 4 is 11.7 Å². The number of hydrogen-bond acceptors (Lipinski definition) is 2. The van der Waals surface area contributed by atoms with Gasteiger partial charge in [-0.2, -0.15) is 0 Å². The van der Waals surface area contributed by atoms with E-state index >= 15 is 0 Å². The lowest BCUT2D eigenvalue weighted by Gasteiger charge is -1.93. The van der Waals surface area contributed by atoms with Crippen molar-refractivity contribution < 1.29 is 4.79 Å². The molecule has 1 fully saturated rings. The largest absolute Gasteiger partial charge is 0.355 e. The summed E-state index contributed by atoms with van der Waals surface area (Å²) in [7, 11) is 0. The Labute approximate surface area is 95.6 Å². The maximum atomic E-state index is 10.8. The first-order valence-electron chi connectivity index (χ1n) is 5.23. The van der Waals surface area contributed by atoms with Gasteiger partial charge in [0.25, 0.3) is 0 Å². The number of guanidine groups is 1. The Morgan fingerprint density at radius 3 is 2.00 bits per heavy atom. The average Bonchev–Trinajstić information content (AvgIpc) is 2.71. The van der Waals surface area contributed by atoms with Crippen molar-refractivity contribution in [1.82, 2.24) is 10.6 Å². The van der Waals surface area contributed by atoms with Crippen LogP contribution in [-0.4, -0.2) is 24.8 Å². The van der Waals surface area contributed by atoms with Gasteiger partial charge in [0.05, 0.1) is 0 Å². The predicted molar refractivity (Wildman–Crippen MR) is 64.9 cm³/mol. The van der Waals surface area contributed by atoms with Crippen LogP contribution >= 0.6 is 0 Å². The fraction of sp³-hybridized carbons (Fsp3) is 0.333. The van der Waals surface area contributed by atoms with Crippen molar-refractivity contribution in [3.8, 4) is 0 Å². The second-order valence-electron chi connectivity index (χ2n) is 3.65. The first-order valence-corrected chi connectivity index (χ1v) is 5.23. The van der Waals surface area contributed by atoms with Crippen molar-refractivity contribution in [2.45, 2.75) is 13.8 Å². The minimum absolute atomic E-state index is 0.125. The Balaban J connectivity index is 0.000000181. The molecule has 0 radical (unpaired) electrons. The van der Waals surface area contributed by atoms with E-state index in [2.05, 4.69) is 10.6 Å². The number of carbonyl (C=O) groups is 1. The van der Waals surface area contributed by atoms with E-state index in [0.717, 1.165) is 18.7 Å². The summed E-state index contributed by atoms with van der Waals surface area (Å²) in [5.41, 5.74) is 1.97. The van der Waals surface area contributed by atoms with Gasteiger partial charge in [-0.05, 0) is 13.8 Å². The van der Waals surface area contributed by atoms with Crippen LogP contribution in [0.4, 0.5) is 0 Å². The van der Waals surface area contributed by atoms with Crippen LogP contribution in [0, 0.1) is 12.3 Å². The maximum Gasteiger partial charge on any atom is 0.188 e. The molecule has 4 nitrogen and oxygen atoms in total. The SMILES string of the molecule is CC(=O)c1ccc(C)cc1.N=C1NCCN1. The predicted octanol–water partition coefficient (Wildman–Crippen LogP) is 1.31. The Kier molecular flexibility index (Phi) is 4.51. The molecular weight excluding hydrogens is 202 g/mol. The highest BCUT2D eigenvalue weighted by Crippen LogP contribution is 2.02. The molecule has 0 spiro atoms. The molecule has 3 N–H and O–H groups in total. The summed E-state index contributed by atoms with van der Waals surface area (Å²) >= 11 is 0. The molecule has 1 aromatic carbocycles. The molecule has 1 saturated heterocycles. The van der Waals surface area contributed by atoms with Crippen molar-refractivity contribution in [1.29, 1.82) is 5.41 Å². The van der Waals surface area contributed by atoms with Gasteiger partial charge in [0.2, 0.25) is 0 Å². The average molecular weight is 219 g/mol. The molecule has 0 unspecified atom stereocenters. The van der Waals surface area contributed by atoms with E-state index in [4.69, 9.17) is 5.41 Å². The van der Waals surface area contributed by atoms with Gasteiger partial charge in [0.15, 0.2) is 11.7 Å². The number of Topliss-reactive ketones (excluding diaryl/α,β-unsaturated/α-hetero) is 1. The molecule has 4 heteroatoms. The Morgan fingerprint density at radius 1 is 1.19 bits per heavy atom. The molecule has 16 heavy (non-hydrogen) atoms. The number of ketones is 1. The minimum atomic E-state index is 0.125. The minimum Gasteiger partial charge on any atom is -0.355 e. The molecule has 86 valence electrons. The van der Waals surface area contributed by atoms with Crippen LogP contribution in [0.25, 0.3) is 0 Å². The first-order chi connectivity index (χ1) is 7.59. The van der Waals surface area contributed by atoms with Crippen molar-refractivity contribution in [2.24, 2.45) is 0 Å². The molecule has 0 atom stereocenters. The first kappa shape index (κ1) is 12.2. The van der Waals surface area contributed by atoms with E-state index in [9.17, 15) is 4.79 Å². The summed E-state index contributed by atoms with van der Waals surface area (Å²) in [6.07, 6.45) is 0. The molecule has 1 aliphatic rings. The number of rotatable bonds is 1. The summed E-state index contributed by atoms with van der Waals surface area (Å²) in [4.78, 5) is 10.8. The van der Waals surface area contributed by atoms with E-state index in [1.807, 2.05) is 31.2 Å². The number of hydrogen-bond donors (Lipinski definition) is 3. The van der Waals surface area contributed by atoms with Crippen molar-refractivity contribution in [2.75, 3.05) is 13.1 Å². The maximum absolute atomic E-state index is 10.8. The molecule has 0 amide bonds. The van der Waals surface area contributed by atoms with Crippen LogP contribution in [0.5, 0.6) is 0 Å². The lowest BCUT2D eigenvalue weighted by Crippen LogP contribution is -2.21. The van der Waals surface area contributed by atoms with Gasteiger partial charge in [-0.1, -0.05) is 29.8 Å². The van der Waals surface area contributed by atoms with Crippen LogP contribution in [0.15, 0.2) is 24.3 Å².